The molecule has 1 aliphatic heterocycles. The first-order valence-electron chi connectivity index (χ1n) is 8.37. The Morgan fingerprint density at radius 2 is 2.12 bits per heavy atom. The number of ether oxygens (including phenoxy) is 1. The molecule has 0 bridgehead atoms. The van der Waals surface area contributed by atoms with Gasteiger partial charge in [0.05, 0.1) is 24.8 Å². The average Bonchev–Trinajstić information content (AvgIpc) is 2.57. The minimum Gasteiger partial charge on any atom is -0.374 e. The molecule has 1 fully saturated rings. The fourth-order valence-electron chi connectivity index (χ4n) is 2.56. The lowest BCUT2D eigenvalue weighted by Crippen LogP contribution is -2.48. The molecule has 5 nitrogen and oxygen atoms in total. The van der Waals surface area contributed by atoms with Crippen molar-refractivity contribution in [1.82, 2.24) is 15.5 Å². The van der Waals surface area contributed by atoms with Crippen molar-refractivity contribution in [3.63, 3.8) is 0 Å². The van der Waals surface area contributed by atoms with E-state index in [9.17, 15) is 13.2 Å². The molecule has 1 aliphatic rings. The summed E-state index contributed by atoms with van der Waals surface area (Å²) < 4.78 is 44.0. The summed E-state index contributed by atoms with van der Waals surface area (Å²) >= 11 is 0. The number of morpholine rings is 1. The summed E-state index contributed by atoms with van der Waals surface area (Å²) in [6.45, 7) is 5.82. The largest absolute Gasteiger partial charge is 0.416 e. The first-order chi connectivity index (χ1) is 11.9. The number of benzene rings is 1. The monoisotopic (exact) mass is 486 g/mol. The number of rotatable bonds is 5. The molecule has 0 amide bonds. The fourth-order valence-corrected chi connectivity index (χ4v) is 2.56. The van der Waals surface area contributed by atoms with E-state index in [-0.39, 0.29) is 36.6 Å². The highest BCUT2D eigenvalue weighted by molar-refractivity contribution is 14.0. The third-order valence-electron chi connectivity index (χ3n) is 3.86. The van der Waals surface area contributed by atoms with Crippen LogP contribution in [0.1, 0.15) is 18.1 Å². The Balaban J connectivity index is 0.00000338. The molecular formula is C17H26F3IN4O. The lowest BCUT2D eigenvalue weighted by atomic mass is 10.1. The summed E-state index contributed by atoms with van der Waals surface area (Å²) in [4.78, 5) is 6.57. The van der Waals surface area contributed by atoms with Gasteiger partial charge in [0.1, 0.15) is 0 Å². The molecule has 2 N–H and O–H groups in total. The van der Waals surface area contributed by atoms with Gasteiger partial charge in [0.2, 0.25) is 0 Å². The number of likely N-dealkylation sites (N-methyl/N-ethyl adjacent to an activating group) is 1. The van der Waals surface area contributed by atoms with Gasteiger partial charge in [-0.25, -0.2) is 4.99 Å². The minimum atomic E-state index is -4.34. The molecule has 0 aromatic heterocycles. The van der Waals surface area contributed by atoms with Crippen LogP contribution in [0, 0.1) is 0 Å². The van der Waals surface area contributed by atoms with Gasteiger partial charge in [-0.3, -0.25) is 0 Å². The summed E-state index contributed by atoms with van der Waals surface area (Å²) in [5, 5.41) is 6.29. The highest BCUT2D eigenvalue weighted by Crippen LogP contribution is 2.29. The van der Waals surface area contributed by atoms with Crippen LogP contribution in [-0.4, -0.2) is 56.8 Å². The summed E-state index contributed by atoms with van der Waals surface area (Å²) in [5.74, 6) is 0.566. The number of nitrogens with zero attached hydrogens (tertiary/aromatic N) is 2. The molecule has 1 heterocycles. The van der Waals surface area contributed by atoms with Crippen molar-refractivity contribution in [3.05, 3.63) is 35.4 Å². The number of hydrogen-bond acceptors (Lipinski definition) is 3. The molecule has 0 aliphatic carbocycles. The average molecular weight is 486 g/mol. The predicted octanol–water partition coefficient (Wildman–Crippen LogP) is 2.71. The smallest absolute Gasteiger partial charge is 0.374 e. The van der Waals surface area contributed by atoms with Crippen LogP contribution < -0.4 is 10.6 Å². The van der Waals surface area contributed by atoms with Gasteiger partial charge >= 0.3 is 6.18 Å². The van der Waals surface area contributed by atoms with Crippen molar-refractivity contribution in [2.45, 2.75) is 25.7 Å². The molecule has 2 rings (SSSR count). The van der Waals surface area contributed by atoms with Crippen molar-refractivity contribution in [1.29, 1.82) is 0 Å². The van der Waals surface area contributed by atoms with Crippen molar-refractivity contribution in [3.8, 4) is 0 Å². The number of alkyl halides is 3. The van der Waals surface area contributed by atoms with E-state index in [0.717, 1.165) is 25.2 Å². The predicted molar refractivity (Wildman–Crippen MR) is 107 cm³/mol. The third kappa shape index (κ3) is 7.67. The number of nitrogens with one attached hydrogen (secondary N) is 2. The van der Waals surface area contributed by atoms with Crippen LogP contribution in [0.3, 0.4) is 0 Å². The minimum absolute atomic E-state index is 0. The maximum atomic E-state index is 12.8. The summed E-state index contributed by atoms with van der Waals surface area (Å²) in [6.07, 6.45) is -4.27. The Hall–Kier alpha value is -1.07. The fraction of sp³-hybridized carbons (Fsp3) is 0.588. The lowest BCUT2D eigenvalue weighted by molar-refractivity contribution is -0.137. The standard InChI is InChI=1S/C17H25F3N4O.HI/c1-3-21-16(23-11-15-12-24(2)7-8-25-15)22-10-13-5-4-6-14(9-13)17(18,19)20;/h4-6,9,15H,3,7-8,10-12H2,1-2H3,(H2,21,22,23);1H. The summed E-state index contributed by atoms with van der Waals surface area (Å²) in [6, 6.07) is 5.24. The first-order valence-corrected chi connectivity index (χ1v) is 8.37. The Morgan fingerprint density at radius 3 is 2.77 bits per heavy atom. The number of aliphatic imine (C=N–C) groups is 1. The highest BCUT2D eigenvalue weighted by atomic mass is 127. The summed E-state index contributed by atoms with van der Waals surface area (Å²) in [5.41, 5.74) is -0.141. The maximum absolute atomic E-state index is 12.8. The van der Waals surface area contributed by atoms with Crippen LogP contribution >= 0.6 is 24.0 Å². The maximum Gasteiger partial charge on any atom is 0.416 e. The molecule has 0 radical (unpaired) electrons. The van der Waals surface area contributed by atoms with Gasteiger partial charge in [-0.2, -0.15) is 13.2 Å². The molecule has 9 heteroatoms. The highest BCUT2D eigenvalue weighted by Gasteiger charge is 2.30. The molecule has 1 unspecified atom stereocenters. The van der Waals surface area contributed by atoms with E-state index < -0.39 is 11.7 Å². The molecule has 26 heavy (non-hydrogen) atoms. The zero-order valence-electron chi connectivity index (χ0n) is 15.0. The van der Waals surface area contributed by atoms with Gasteiger partial charge < -0.3 is 20.3 Å². The number of halogens is 4. The topological polar surface area (TPSA) is 48.9 Å². The van der Waals surface area contributed by atoms with Gasteiger partial charge in [0.15, 0.2) is 5.96 Å². The van der Waals surface area contributed by atoms with E-state index in [4.69, 9.17) is 4.74 Å². The van der Waals surface area contributed by atoms with Crippen molar-refractivity contribution in [2.75, 3.05) is 39.8 Å². The van der Waals surface area contributed by atoms with E-state index in [1.54, 1.807) is 6.07 Å². The van der Waals surface area contributed by atoms with Gasteiger partial charge in [0, 0.05) is 26.2 Å². The van der Waals surface area contributed by atoms with Gasteiger partial charge in [-0.15, -0.1) is 24.0 Å². The SMILES string of the molecule is CCNC(=NCc1cccc(C(F)(F)F)c1)NCC1CN(C)CCO1.I. The van der Waals surface area contributed by atoms with E-state index in [0.29, 0.717) is 31.2 Å². The van der Waals surface area contributed by atoms with Crippen LogP contribution in [0.5, 0.6) is 0 Å². The first kappa shape index (κ1) is 23.0. The van der Waals surface area contributed by atoms with Gasteiger partial charge in [0.25, 0.3) is 0 Å². The number of hydrogen-bond donors (Lipinski definition) is 2. The van der Waals surface area contributed by atoms with Gasteiger partial charge in [-0.05, 0) is 31.7 Å². The molecule has 1 aromatic carbocycles. The van der Waals surface area contributed by atoms with Crippen LogP contribution in [0.2, 0.25) is 0 Å². The van der Waals surface area contributed by atoms with Crippen LogP contribution in [-0.2, 0) is 17.5 Å². The Morgan fingerprint density at radius 1 is 1.35 bits per heavy atom. The number of guanidine groups is 1. The van der Waals surface area contributed by atoms with Crippen molar-refractivity contribution in [2.24, 2.45) is 4.99 Å². The lowest BCUT2D eigenvalue weighted by Gasteiger charge is -2.30. The van der Waals surface area contributed by atoms with E-state index in [1.165, 1.54) is 6.07 Å². The molecule has 1 aromatic rings. The third-order valence-corrected chi connectivity index (χ3v) is 3.86. The Kier molecular flexibility index (Phi) is 9.66. The second-order valence-electron chi connectivity index (χ2n) is 6.03. The quantitative estimate of drug-likeness (QED) is 0.382. The molecule has 1 saturated heterocycles. The molecule has 1 atom stereocenters. The van der Waals surface area contributed by atoms with E-state index in [2.05, 4.69) is 20.5 Å². The Bertz CT molecular complexity index is 583. The van der Waals surface area contributed by atoms with E-state index in [1.807, 2.05) is 14.0 Å². The molecule has 148 valence electrons. The van der Waals surface area contributed by atoms with Crippen LogP contribution in [0.25, 0.3) is 0 Å². The second-order valence-corrected chi connectivity index (χ2v) is 6.03. The van der Waals surface area contributed by atoms with Crippen LogP contribution in [0.15, 0.2) is 29.3 Å². The normalized spacial score (nSPS) is 19.0. The molecule has 0 saturated carbocycles. The van der Waals surface area contributed by atoms with Crippen molar-refractivity contribution < 1.29 is 17.9 Å². The second kappa shape index (κ2) is 10.9. The van der Waals surface area contributed by atoms with E-state index >= 15 is 0 Å². The summed E-state index contributed by atoms with van der Waals surface area (Å²) in [7, 11) is 2.04. The molecule has 0 spiro atoms. The van der Waals surface area contributed by atoms with Crippen LogP contribution in [0.4, 0.5) is 13.2 Å². The van der Waals surface area contributed by atoms with Gasteiger partial charge in [-0.1, -0.05) is 12.1 Å². The molecular weight excluding hydrogens is 460 g/mol. The van der Waals surface area contributed by atoms with Crippen molar-refractivity contribution >= 4 is 29.9 Å². The zero-order chi connectivity index (χ0) is 18.3. The Labute approximate surface area is 169 Å². The zero-order valence-corrected chi connectivity index (χ0v) is 17.3.